The Balaban J connectivity index is 2.30. The van der Waals surface area contributed by atoms with Crippen LogP contribution in [0.1, 0.15) is 5.56 Å². The van der Waals surface area contributed by atoms with Crippen molar-refractivity contribution in [1.82, 2.24) is 0 Å². The molecule has 0 bridgehead atoms. The number of primary sulfonamides is 1. The smallest absolute Gasteiger partial charge is 0.295 e. The van der Waals surface area contributed by atoms with Crippen molar-refractivity contribution >= 4 is 59.5 Å². The van der Waals surface area contributed by atoms with Crippen LogP contribution in [0, 0.1) is 10.1 Å². The van der Waals surface area contributed by atoms with Crippen LogP contribution in [0.15, 0.2) is 49.3 Å². The molecule has 0 saturated heterocycles. The van der Waals surface area contributed by atoms with Gasteiger partial charge in [0.1, 0.15) is 11.4 Å². The Morgan fingerprint density at radius 3 is 2.36 bits per heavy atom. The Hall–Kier alpha value is -2.02. The van der Waals surface area contributed by atoms with Crippen LogP contribution in [-0.4, -0.2) is 24.7 Å². The van der Waals surface area contributed by atoms with Crippen molar-refractivity contribution in [3.8, 4) is 5.75 Å². The highest BCUT2D eigenvalue weighted by molar-refractivity contribution is 9.11. The molecule has 0 heterocycles. The van der Waals surface area contributed by atoms with Gasteiger partial charge in [0, 0.05) is 6.07 Å². The molecule has 0 fully saturated rings. The summed E-state index contributed by atoms with van der Waals surface area (Å²) < 4.78 is 23.4. The number of nitro groups is 1. The van der Waals surface area contributed by atoms with E-state index < -0.39 is 20.6 Å². The summed E-state index contributed by atoms with van der Waals surface area (Å²) in [5.74, 6) is 0.0272. The number of benzene rings is 2. The van der Waals surface area contributed by atoms with Crippen LogP contribution in [0.25, 0.3) is 0 Å². The predicted molar refractivity (Wildman–Crippen MR) is 99.2 cm³/mol. The SMILES string of the molecule is NS(=O)(=O)c1ccc(N/N=C/c2cc(Br)c(O)c(Br)c2)c([N+](=O)[O-])c1. The van der Waals surface area contributed by atoms with Gasteiger partial charge in [-0.05, 0) is 61.7 Å². The summed E-state index contributed by atoms with van der Waals surface area (Å²) in [5, 5.41) is 29.6. The number of nitro benzene ring substituents is 1. The highest BCUT2D eigenvalue weighted by Gasteiger charge is 2.18. The third-order valence-electron chi connectivity index (χ3n) is 2.93. The van der Waals surface area contributed by atoms with E-state index in [1.54, 1.807) is 12.1 Å². The van der Waals surface area contributed by atoms with Gasteiger partial charge in [0.15, 0.2) is 0 Å². The molecule has 0 amide bonds. The largest absolute Gasteiger partial charge is 0.506 e. The van der Waals surface area contributed by atoms with Gasteiger partial charge in [-0.2, -0.15) is 5.10 Å². The molecule has 2 aromatic carbocycles. The summed E-state index contributed by atoms with van der Waals surface area (Å²) in [6, 6.07) is 6.35. The molecule has 12 heteroatoms. The van der Waals surface area contributed by atoms with Crippen LogP contribution in [0.5, 0.6) is 5.75 Å². The molecule has 0 saturated carbocycles. The molecule has 0 aliphatic carbocycles. The Bertz CT molecular complexity index is 955. The molecular formula is C13H10Br2N4O5S. The van der Waals surface area contributed by atoms with Crippen LogP contribution in [0.2, 0.25) is 0 Å². The number of rotatable bonds is 5. The third-order valence-corrected chi connectivity index (χ3v) is 5.05. The number of nitrogens with two attached hydrogens (primary N) is 1. The zero-order valence-electron chi connectivity index (χ0n) is 12.2. The van der Waals surface area contributed by atoms with Crippen molar-refractivity contribution in [2.45, 2.75) is 4.90 Å². The lowest BCUT2D eigenvalue weighted by Crippen LogP contribution is -2.12. The molecule has 0 aliphatic rings. The number of sulfonamides is 1. The van der Waals surface area contributed by atoms with Crippen LogP contribution in [0.4, 0.5) is 11.4 Å². The van der Waals surface area contributed by atoms with Crippen molar-refractivity contribution < 1.29 is 18.4 Å². The van der Waals surface area contributed by atoms with Crippen LogP contribution in [0.3, 0.4) is 0 Å². The average molecular weight is 494 g/mol. The second-order valence-corrected chi connectivity index (χ2v) is 7.95. The number of anilines is 1. The number of hydrazone groups is 1. The van der Waals surface area contributed by atoms with E-state index >= 15 is 0 Å². The summed E-state index contributed by atoms with van der Waals surface area (Å²) in [5.41, 5.74) is 2.57. The van der Waals surface area contributed by atoms with E-state index in [4.69, 9.17) is 5.14 Å². The third kappa shape index (κ3) is 4.75. The minimum Gasteiger partial charge on any atom is -0.506 e. The second-order valence-electron chi connectivity index (χ2n) is 4.68. The van der Waals surface area contributed by atoms with Gasteiger partial charge in [-0.1, -0.05) is 0 Å². The van der Waals surface area contributed by atoms with Gasteiger partial charge in [-0.3, -0.25) is 15.5 Å². The summed E-state index contributed by atoms with van der Waals surface area (Å²) in [6.07, 6.45) is 1.37. The molecule has 25 heavy (non-hydrogen) atoms. The average Bonchev–Trinajstić information content (AvgIpc) is 2.51. The van der Waals surface area contributed by atoms with Crippen molar-refractivity contribution in [3.05, 3.63) is 55.0 Å². The van der Waals surface area contributed by atoms with Crippen molar-refractivity contribution in [1.29, 1.82) is 0 Å². The molecule has 0 atom stereocenters. The second kappa shape index (κ2) is 7.47. The molecule has 0 unspecified atom stereocenters. The predicted octanol–water partition coefficient (Wildman–Crippen LogP) is 2.92. The number of hydrogen-bond acceptors (Lipinski definition) is 7. The number of nitrogens with one attached hydrogen (secondary N) is 1. The Morgan fingerprint density at radius 1 is 1.24 bits per heavy atom. The number of phenolic OH excluding ortho intramolecular Hbond substituents is 1. The van der Waals surface area contributed by atoms with E-state index in [-0.39, 0.29) is 16.3 Å². The fourth-order valence-electron chi connectivity index (χ4n) is 1.77. The minimum absolute atomic E-state index is 0.00874. The fraction of sp³-hybridized carbons (Fsp3) is 0. The van der Waals surface area contributed by atoms with E-state index in [0.29, 0.717) is 14.5 Å². The zero-order valence-corrected chi connectivity index (χ0v) is 16.2. The molecular weight excluding hydrogens is 484 g/mol. The summed E-state index contributed by atoms with van der Waals surface area (Å²) in [6.45, 7) is 0. The molecule has 0 aliphatic heterocycles. The molecule has 4 N–H and O–H groups in total. The standard InChI is InChI=1S/C13H10Br2N4O5S/c14-9-3-7(4-10(15)13(9)20)6-17-18-11-2-1-8(25(16,23)24)5-12(11)19(21)22/h1-6,18,20H,(H2,16,23,24)/b17-6+. The highest BCUT2D eigenvalue weighted by Crippen LogP contribution is 2.33. The Morgan fingerprint density at radius 2 is 1.84 bits per heavy atom. The maximum Gasteiger partial charge on any atom is 0.295 e. The molecule has 132 valence electrons. The lowest BCUT2D eigenvalue weighted by molar-refractivity contribution is -0.384. The maximum atomic E-state index is 11.3. The van der Waals surface area contributed by atoms with Gasteiger partial charge in [0.2, 0.25) is 10.0 Å². The van der Waals surface area contributed by atoms with Gasteiger partial charge in [0.25, 0.3) is 5.69 Å². The first-order chi connectivity index (χ1) is 11.6. The van der Waals surface area contributed by atoms with E-state index in [2.05, 4.69) is 42.4 Å². The molecule has 0 radical (unpaired) electrons. The van der Waals surface area contributed by atoms with Crippen LogP contribution in [-0.2, 0) is 10.0 Å². The minimum atomic E-state index is -4.06. The number of phenols is 1. The Labute approximate surface area is 159 Å². The molecule has 9 nitrogen and oxygen atoms in total. The topological polar surface area (TPSA) is 148 Å². The maximum absolute atomic E-state index is 11.3. The van der Waals surface area contributed by atoms with Gasteiger partial charge in [0.05, 0.1) is 25.0 Å². The van der Waals surface area contributed by atoms with Crippen molar-refractivity contribution in [3.63, 3.8) is 0 Å². The summed E-state index contributed by atoms with van der Waals surface area (Å²) in [7, 11) is -4.06. The molecule has 0 spiro atoms. The lowest BCUT2D eigenvalue weighted by Gasteiger charge is -2.05. The quantitative estimate of drug-likeness (QED) is 0.331. The molecule has 0 aromatic heterocycles. The number of aromatic hydroxyl groups is 1. The van der Waals surface area contributed by atoms with E-state index in [1.165, 1.54) is 12.3 Å². The number of halogens is 2. The Kier molecular flexibility index (Phi) is 5.77. The van der Waals surface area contributed by atoms with Gasteiger partial charge in [-0.15, -0.1) is 0 Å². The van der Waals surface area contributed by atoms with Crippen LogP contribution < -0.4 is 10.6 Å². The van der Waals surface area contributed by atoms with Crippen molar-refractivity contribution in [2.75, 3.05) is 5.43 Å². The summed E-state index contributed by atoms with van der Waals surface area (Å²) >= 11 is 6.34. The number of hydrogen-bond donors (Lipinski definition) is 3. The van der Waals surface area contributed by atoms with Crippen LogP contribution >= 0.6 is 31.9 Å². The lowest BCUT2D eigenvalue weighted by atomic mass is 10.2. The fourth-order valence-corrected chi connectivity index (χ4v) is 3.53. The van der Waals surface area contributed by atoms with Crippen molar-refractivity contribution in [2.24, 2.45) is 10.2 Å². The van der Waals surface area contributed by atoms with E-state index in [0.717, 1.165) is 12.1 Å². The van der Waals surface area contributed by atoms with Gasteiger partial charge >= 0.3 is 0 Å². The normalized spacial score (nSPS) is 11.6. The van der Waals surface area contributed by atoms with Gasteiger partial charge < -0.3 is 5.11 Å². The summed E-state index contributed by atoms with van der Waals surface area (Å²) in [4.78, 5) is 9.97. The van der Waals surface area contributed by atoms with E-state index in [9.17, 15) is 23.6 Å². The van der Waals surface area contributed by atoms with E-state index in [1.807, 2.05) is 0 Å². The first-order valence-corrected chi connectivity index (χ1v) is 9.51. The highest BCUT2D eigenvalue weighted by atomic mass is 79.9. The first kappa shape index (κ1) is 19.3. The number of nitrogens with zero attached hydrogens (tertiary/aromatic N) is 2. The molecule has 2 aromatic rings. The first-order valence-electron chi connectivity index (χ1n) is 6.38. The molecule has 2 rings (SSSR count). The monoisotopic (exact) mass is 492 g/mol. The van der Waals surface area contributed by atoms with Gasteiger partial charge in [-0.25, -0.2) is 13.6 Å². The zero-order chi connectivity index (χ0) is 18.8.